The van der Waals surface area contributed by atoms with Crippen molar-refractivity contribution in [3.8, 4) is 11.4 Å². The average Bonchev–Trinajstić information content (AvgIpc) is 2.91. The average molecular weight is 259 g/mol. The van der Waals surface area contributed by atoms with Gasteiger partial charge in [0.05, 0.1) is 5.69 Å². The van der Waals surface area contributed by atoms with E-state index in [1.807, 2.05) is 30.3 Å². The first kappa shape index (κ1) is 10.9. The molecule has 0 unspecified atom stereocenters. The van der Waals surface area contributed by atoms with Crippen LogP contribution in [0.15, 0.2) is 30.3 Å². The zero-order valence-electron chi connectivity index (χ0n) is 9.49. The Kier molecular flexibility index (Phi) is 2.38. The molecule has 1 N–H and O–H groups in total. The smallest absolute Gasteiger partial charge is 0.347 e. The number of aromatic nitrogens is 3. The SMILES string of the molecule is Cc1c(C(=O)O)sc2nc(-c3ccccc3)nn12. The number of carbonyl (C=O) groups is 1. The van der Waals surface area contributed by atoms with E-state index < -0.39 is 5.97 Å². The predicted octanol–water partition coefficient (Wildman–Crippen LogP) is 2.46. The van der Waals surface area contributed by atoms with Crippen LogP contribution in [-0.2, 0) is 0 Å². The number of nitrogens with zero attached hydrogens (tertiary/aromatic N) is 3. The van der Waals surface area contributed by atoms with Gasteiger partial charge in [0, 0.05) is 5.56 Å². The molecule has 3 aromatic rings. The summed E-state index contributed by atoms with van der Waals surface area (Å²) >= 11 is 1.14. The van der Waals surface area contributed by atoms with Crippen molar-refractivity contribution in [2.45, 2.75) is 6.92 Å². The van der Waals surface area contributed by atoms with Crippen LogP contribution in [0.4, 0.5) is 0 Å². The normalized spacial score (nSPS) is 10.9. The molecule has 0 saturated heterocycles. The van der Waals surface area contributed by atoms with Gasteiger partial charge in [-0.25, -0.2) is 9.31 Å². The summed E-state index contributed by atoms with van der Waals surface area (Å²) in [5.74, 6) is -0.326. The van der Waals surface area contributed by atoms with Crippen molar-refractivity contribution in [2.24, 2.45) is 0 Å². The Morgan fingerprint density at radius 3 is 2.67 bits per heavy atom. The van der Waals surface area contributed by atoms with E-state index in [4.69, 9.17) is 5.11 Å². The van der Waals surface area contributed by atoms with Gasteiger partial charge in [-0.3, -0.25) is 0 Å². The molecule has 0 amide bonds. The summed E-state index contributed by atoms with van der Waals surface area (Å²) in [6.45, 7) is 1.73. The Hall–Kier alpha value is -2.21. The number of carboxylic acids is 1. The van der Waals surface area contributed by atoms with Crippen molar-refractivity contribution >= 4 is 22.3 Å². The maximum absolute atomic E-state index is 11.0. The van der Waals surface area contributed by atoms with Gasteiger partial charge in [-0.2, -0.15) is 4.98 Å². The molecule has 0 aliphatic carbocycles. The van der Waals surface area contributed by atoms with Gasteiger partial charge >= 0.3 is 5.97 Å². The predicted molar refractivity (Wildman–Crippen MR) is 68.0 cm³/mol. The first-order chi connectivity index (χ1) is 8.66. The van der Waals surface area contributed by atoms with Crippen LogP contribution < -0.4 is 0 Å². The van der Waals surface area contributed by atoms with Crippen molar-refractivity contribution in [1.29, 1.82) is 0 Å². The standard InChI is InChI=1S/C12H9N3O2S/c1-7-9(11(16)17)18-12-13-10(14-15(7)12)8-5-3-2-4-6-8/h2-6H,1H3,(H,16,17). The van der Waals surface area contributed by atoms with Crippen molar-refractivity contribution in [1.82, 2.24) is 14.6 Å². The fourth-order valence-corrected chi connectivity index (χ4v) is 2.65. The molecule has 2 aromatic heterocycles. The highest BCUT2D eigenvalue weighted by Gasteiger charge is 2.18. The Morgan fingerprint density at radius 1 is 1.33 bits per heavy atom. The molecule has 0 fully saturated rings. The topological polar surface area (TPSA) is 67.5 Å². The fraction of sp³-hybridized carbons (Fsp3) is 0.0833. The molecule has 0 saturated carbocycles. The number of aromatic carboxylic acids is 1. The third kappa shape index (κ3) is 1.58. The van der Waals surface area contributed by atoms with Gasteiger partial charge in [0.25, 0.3) is 0 Å². The Morgan fingerprint density at radius 2 is 2.06 bits per heavy atom. The van der Waals surface area contributed by atoms with Gasteiger partial charge in [-0.15, -0.1) is 5.10 Å². The highest BCUT2D eigenvalue weighted by Crippen LogP contribution is 2.24. The summed E-state index contributed by atoms with van der Waals surface area (Å²) in [6, 6.07) is 9.61. The fourth-order valence-electron chi connectivity index (χ4n) is 1.75. The number of hydrogen-bond donors (Lipinski definition) is 1. The molecule has 90 valence electrons. The molecule has 0 aliphatic rings. The van der Waals surface area contributed by atoms with Crippen LogP contribution in [0.1, 0.15) is 15.4 Å². The number of rotatable bonds is 2. The summed E-state index contributed by atoms with van der Waals surface area (Å²) in [5.41, 5.74) is 1.53. The van der Waals surface area contributed by atoms with Crippen LogP contribution in [0.25, 0.3) is 16.3 Å². The second kappa shape index (κ2) is 3.92. The molecule has 0 spiro atoms. The second-order valence-corrected chi connectivity index (χ2v) is 4.80. The first-order valence-corrected chi connectivity index (χ1v) is 6.13. The first-order valence-electron chi connectivity index (χ1n) is 5.31. The monoisotopic (exact) mass is 259 g/mol. The number of carboxylic acid groups (broad SMARTS) is 1. The summed E-state index contributed by atoms with van der Waals surface area (Å²) in [5, 5.41) is 13.4. The Balaban J connectivity index is 2.17. The Labute approximate surface area is 106 Å². The molecule has 0 aliphatic heterocycles. The largest absolute Gasteiger partial charge is 0.477 e. The van der Waals surface area contributed by atoms with E-state index in [2.05, 4.69) is 10.1 Å². The van der Waals surface area contributed by atoms with Gasteiger partial charge in [0.2, 0.25) is 4.96 Å². The molecule has 0 radical (unpaired) electrons. The number of benzene rings is 1. The zero-order valence-corrected chi connectivity index (χ0v) is 10.3. The van der Waals surface area contributed by atoms with E-state index in [9.17, 15) is 4.79 Å². The van der Waals surface area contributed by atoms with E-state index in [-0.39, 0.29) is 4.88 Å². The van der Waals surface area contributed by atoms with Gasteiger partial charge in [0.1, 0.15) is 4.88 Å². The van der Waals surface area contributed by atoms with Crippen LogP contribution in [0.2, 0.25) is 0 Å². The van der Waals surface area contributed by atoms with Gasteiger partial charge in [0.15, 0.2) is 5.82 Å². The van der Waals surface area contributed by atoms with Crippen LogP contribution in [0.3, 0.4) is 0 Å². The van der Waals surface area contributed by atoms with Crippen molar-refractivity contribution in [3.05, 3.63) is 40.9 Å². The lowest BCUT2D eigenvalue weighted by Crippen LogP contribution is -1.98. The number of hydrogen-bond acceptors (Lipinski definition) is 4. The lowest BCUT2D eigenvalue weighted by Gasteiger charge is -1.93. The maximum atomic E-state index is 11.0. The van der Waals surface area contributed by atoms with Crippen molar-refractivity contribution in [3.63, 3.8) is 0 Å². The molecular weight excluding hydrogens is 250 g/mol. The van der Waals surface area contributed by atoms with Crippen LogP contribution in [0, 0.1) is 6.92 Å². The minimum atomic E-state index is -0.939. The molecule has 2 heterocycles. The molecule has 0 bridgehead atoms. The summed E-state index contributed by atoms with van der Waals surface area (Å²) < 4.78 is 1.58. The third-order valence-corrected chi connectivity index (χ3v) is 3.76. The van der Waals surface area contributed by atoms with E-state index >= 15 is 0 Å². The minimum absolute atomic E-state index is 0.282. The van der Waals surface area contributed by atoms with E-state index in [0.717, 1.165) is 16.9 Å². The van der Waals surface area contributed by atoms with Crippen LogP contribution in [0.5, 0.6) is 0 Å². The lowest BCUT2D eigenvalue weighted by atomic mass is 10.2. The van der Waals surface area contributed by atoms with Gasteiger partial charge < -0.3 is 5.11 Å². The number of aryl methyl sites for hydroxylation is 1. The Bertz CT molecular complexity index is 730. The van der Waals surface area contributed by atoms with Crippen molar-refractivity contribution < 1.29 is 9.90 Å². The third-order valence-electron chi connectivity index (χ3n) is 2.64. The lowest BCUT2D eigenvalue weighted by molar-refractivity contribution is 0.0701. The number of thiazole rings is 1. The zero-order chi connectivity index (χ0) is 12.7. The van der Waals surface area contributed by atoms with Gasteiger partial charge in [-0.05, 0) is 6.92 Å². The van der Waals surface area contributed by atoms with Gasteiger partial charge in [-0.1, -0.05) is 41.7 Å². The molecule has 3 rings (SSSR count). The molecule has 18 heavy (non-hydrogen) atoms. The summed E-state index contributed by atoms with van der Waals surface area (Å²) in [6.07, 6.45) is 0. The highest BCUT2D eigenvalue weighted by molar-refractivity contribution is 7.18. The minimum Gasteiger partial charge on any atom is -0.477 e. The molecule has 5 nitrogen and oxygen atoms in total. The van der Waals surface area contributed by atoms with Crippen molar-refractivity contribution in [2.75, 3.05) is 0 Å². The van der Waals surface area contributed by atoms with E-state index in [1.165, 1.54) is 0 Å². The molecule has 1 aromatic carbocycles. The highest BCUT2D eigenvalue weighted by atomic mass is 32.1. The van der Waals surface area contributed by atoms with E-state index in [0.29, 0.717) is 16.5 Å². The van der Waals surface area contributed by atoms with Crippen LogP contribution >= 0.6 is 11.3 Å². The van der Waals surface area contributed by atoms with E-state index in [1.54, 1.807) is 11.4 Å². The second-order valence-electron chi connectivity index (χ2n) is 3.82. The molecule has 6 heteroatoms. The van der Waals surface area contributed by atoms with Crippen LogP contribution in [-0.4, -0.2) is 25.7 Å². The molecular formula is C12H9N3O2S. The quantitative estimate of drug-likeness (QED) is 0.767. The molecule has 0 atom stereocenters. The number of fused-ring (bicyclic) bond motifs is 1. The summed E-state index contributed by atoms with van der Waals surface area (Å²) in [7, 11) is 0. The maximum Gasteiger partial charge on any atom is 0.347 e. The summed E-state index contributed by atoms with van der Waals surface area (Å²) in [4.78, 5) is 16.2.